The summed E-state index contributed by atoms with van der Waals surface area (Å²) in [7, 11) is -3.45. The van der Waals surface area contributed by atoms with Gasteiger partial charge in [0.15, 0.2) is 9.84 Å². The number of sulfone groups is 1. The average molecular weight is 298 g/mol. The van der Waals surface area contributed by atoms with Gasteiger partial charge in [-0.25, -0.2) is 8.42 Å². The van der Waals surface area contributed by atoms with Crippen molar-refractivity contribution in [3.8, 4) is 6.07 Å². The summed E-state index contributed by atoms with van der Waals surface area (Å²) in [5, 5.41) is 8.77. The molecule has 2 rings (SSSR count). The second-order valence-corrected chi connectivity index (χ2v) is 7.41. The molecule has 3 atom stereocenters. The molecule has 0 N–H and O–H groups in total. The SMILES string of the molecule is CCS(=O)(=O)[C@H]1[C@@H](c2ccc(Cl)cc2)[C@@]1(C#N)C=O. The molecule has 1 aromatic rings. The van der Waals surface area contributed by atoms with Gasteiger partial charge in [0.1, 0.15) is 11.7 Å². The second kappa shape index (κ2) is 4.62. The van der Waals surface area contributed by atoms with E-state index in [4.69, 9.17) is 11.6 Å². The molecule has 0 spiro atoms. The van der Waals surface area contributed by atoms with Crippen LogP contribution < -0.4 is 0 Å². The van der Waals surface area contributed by atoms with Crippen LogP contribution in [0.15, 0.2) is 24.3 Å². The highest BCUT2D eigenvalue weighted by atomic mass is 35.5. The van der Waals surface area contributed by atoms with Crippen LogP contribution in [0.2, 0.25) is 5.02 Å². The predicted molar refractivity (Wildman–Crippen MR) is 71.6 cm³/mol. The first-order chi connectivity index (χ1) is 8.93. The molecule has 4 nitrogen and oxygen atoms in total. The fraction of sp³-hybridized carbons (Fsp3) is 0.385. The summed E-state index contributed by atoms with van der Waals surface area (Å²) in [5.74, 6) is -0.684. The summed E-state index contributed by atoms with van der Waals surface area (Å²) in [5.41, 5.74) is -0.803. The van der Waals surface area contributed by atoms with Gasteiger partial charge in [0.25, 0.3) is 0 Å². The molecule has 0 saturated heterocycles. The lowest BCUT2D eigenvalue weighted by molar-refractivity contribution is -0.110. The number of benzene rings is 1. The van der Waals surface area contributed by atoms with Gasteiger partial charge < -0.3 is 4.79 Å². The normalized spacial score (nSPS) is 29.5. The van der Waals surface area contributed by atoms with Crippen molar-refractivity contribution in [1.29, 1.82) is 5.26 Å². The van der Waals surface area contributed by atoms with Gasteiger partial charge in [-0.3, -0.25) is 0 Å². The predicted octanol–water partition coefficient (Wildman–Crippen LogP) is 1.95. The summed E-state index contributed by atoms with van der Waals surface area (Å²) < 4.78 is 24.0. The second-order valence-electron chi connectivity index (χ2n) is 4.56. The van der Waals surface area contributed by atoms with E-state index >= 15 is 0 Å². The van der Waals surface area contributed by atoms with Gasteiger partial charge in [-0.15, -0.1) is 0 Å². The number of aldehydes is 1. The van der Waals surface area contributed by atoms with Crippen LogP contribution in [0.5, 0.6) is 0 Å². The highest BCUT2D eigenvalue weighted by Gasteiger charge is 2.72. The topological polar surface area (TPSA) is 75.0 Å². The van der Waals surface area contributed by atoms with Crippen LogP contribution in [0.4, 0.5) is 0 Å². The zero-order valence-electron chi connectivity index (χ0n) is 10.2. The molecule has 0 aromatic heterocycles. The summed E-state index contributed by atoms with van der Waals surface area (Å²) >= 11 is 5.78. The summed E-state index contributed by atoms with van der Waals surface area (Å²) in [4.78, 5) is 11.2. The average Bonchev–Trinajstić information content (AvgIpc) is 3.10. The van der Waals surface area contributed by atoms with Gasteiger partial charge in [0, 0.05) is 16.7 Å². The van der Waals surface area contributed by atoms with Crippen molar-refractivity contribution in [2.75, 3.05) is 5.75 Å². The fourth-order valence-electron chi connectivity index (χ4n) is 2.48. The molecule has 1 aromatic carbocycles. The molecular weight excluding hydrogens is 286 g/mol. The molecule has 6 heteroatoms. The van der Waals surface area contributed by atoms with E-state index in [9.17, 15) is 18.5 Å². The Hall–Kier alpha value is -1.38. The maximum absolute atomic E-state index is 12.0. The van der Waals surface area contributed by atoms with Gasteiger partial charge >= 0.3 is 0 Å². The van der Waals surface area contributed by atoms with Crippen LogP contribution in [-0.2, 0) is 14.6 Å². The third-order valence-corrected chi connectivity index (χ3v) is 6.08. The highest BCUT2D eigenvalue weighted by Crippen LogP contribution is 2.61. The molecule has 0 bridgehead atoms. The van der Waals surface area contributed by atoms with E-state index in [2.05, 4.69) is 0 Å². The Bertz CT molecular complexity index is 647. The van der Waals surface area contributed by atoms with Crippen molar-refractivity contribution >= 4 is 27.7 Å². The van der Waals surface area contributed by atoms with E-state index in [0.717, 1.165) is 0 Å². The number of carbonyl (C=O) groups excluding carboxylic acids is 1. The minimum Gasteiger partial charge on any atom is -0.302 e. The van der Waals surface area contributed by atoms with Crippen LogP contribution in [0.3, 0.4) is 0 Å². The molecular formula is C13H12ClNO3S. The number of halogens is 1. The van der Waals surface area contributed by atoms with E-state index in [1.807, 2.05) is 6.07 Å². The maximum Gasteiger partial charge on any atom is 0.155 e. The summed E-state index contributed by atoms with van der Waals surface area (Å²) in [6.07, 6.45) is 0.462. The van der Waals surface area contributed by atoms with E-state index in [0.29, 0.717) is 16.9 Å². The molecule has 0 radical (unpaired) electrons. The van der Waals surface area contributed by atoms with Crippen molar-refractivity contribution in [1.82, 2.24) is 0 Å². The van der Waals surface area contributed by atoms with E-state index in [-0.39, 0.29) is 5.75 Å². The summed E-state index contributed by atoms with van der Waals surface area (Å²) in [6.45, 7) is 1.51. The molecule has 1 aliphatic carbocycles. The monoisotopic (exact) mass is 297 g/mol. The number of nitriles is 1. The Morgan fingerprint density at radius 1 is 1.42 bits per heavy atom. The van der Waals surface area contributed by atoms with Crippen LogP contribution in [-0.4, -0.2) is 25.7 Å². The van der Waals surface area contributed by atoms with E-state index < -0.39 is 26.4 Å². The first-order valence-corrected chi connectivity index (χ1v) is 7.87. The first-order valence-electron chi connectivity index (χ1n) is 5.77. The molecule has 1 saturated carbocycles. The Kier molecular flexibility index (Phi) is 3.41. The maximum atomic E-state index is 12.0. The first kappa shape index (κ1) is 14.0. The minimum atomic E-state index is -3.45. The van der Waals surface area contributed by atoms with Crippen molar-refractivity contribution in [3.05, 3.63) is 34.9 Å². The molecule has 0 aliphatic heterocycles. The minimum absolute atomic E-state index is 0.0843. The lowest BCUT2D eigenvalue weighted by atomic mass is 10.0. The largest absolute Gasteiger partial charge is 0.302 e. The van der Waals surface area contributed by atoms with Crippen LogP contribution in [0, 0.1) is 16.7 Å². The quantitative estimate of drug-likeness (QED) is 0.796. The van der Waals surface area contributed by atoms with Gasteiger partial charge in [0.2, 0.25) is 0 Å². The molecule has 1 aliphatic rings. The third kappa shape index (κ3) is 2.05. The Morgan fingerprint density at radius 3 is 2.42 bits per heavy atom. The Labute approximate surface area is 116 Å². The van der Waals surface area contributed by atoms with Crippen molar-refractivity contribution in [2.24, 2.45) is 5.41 Å². The standard InChI is InChI=1S/C13H12ClNO3S/c1-2-19(17,18)12-11(13(12,7-15)8-16)9-3-5-10(14)6-4-9/h3-6,8,11-12H,2H2,1H3/t11-,12+,13-/m1/s1. The van der Waals surface area contributed by atoms with Gasteiger partial charge in [-0.05, 0) is 17.7 Å². The van der Waals surface area contributed by atoms with Crippen LogP contribution >= 0.6 is 11.6 Å². The molecule has 0 amide bonds. The van der Waals surface area contributed by atoms with E-state index in [1.54, 1.807) is 24.3 Å². The zero-order chi connectivity index (χ0) is 14.3. The lowest BCUT2D eigenvalue weighted by Gasteiger charge is -2.00. The molecule has 0 unspecified atom stereocenters. The smallest absolute Gasteiger partial charge is 0.155 e. The molecule has 0 heterocycles. The summed E-state index contributed by atoms with van der Waals surface area (Å²) in [6, 6.07) is 8.44. The van der Waals surface area contributed by atoms with Gasteiger partial charge in [0.05, 0.1) is 11.3 Å². The molecule has 100 valence electrons. The van der Waals surface area contributed by atoms with Crippen LogP contribution in [0.25, 0.3) is 0 Å². The number of hydrogen-bond donors (Lipinski definition) is 0. The third-order valence-electron chi connectivity index (χ3n) is 3.59. The Balaban J connectivity index is 2.49. The van der Waals surface area contributed by atoms with Crippen molar-refractivity contribution in [3.63, 3.8) is 0 Å². The zero-order valence-corrected chi connectivity index (χ0v) is 11.8. The fourth-order valence-corrected chi connectivity index (χ4v) is 4.53. The Morgan fingerprint density at radius 2 is 2.00 bits per heavy atom. The van der Waals surface area contributed by atoms with Gasteiger partial charge in [-0.2, -0.15) is 5.26 Å². The van der Waals surface area contributed by atoms with Crippen molar-refractivity contribution < 1.29 is 13.2 Å². The number of carbonyl (C=O) groups is 1. The number of rotatable bonds is 4. The molecule has 1 fully saturated rings. The van der Waals surface area contributed by atoms with Crippen molar-refractivity contribution in [2.45, 2.75) is 18.1 Å². The van der Waals surface area contributed by atoms with E-state index in [1.165, 1.54) is 6.92 Å². The molecule has 19 heavy (non-hydrogen) atoms. The number of nitrogens with zero attached hydrogens (tertiary/aromatic N) is 1. The lowest BCUT2D eigenvalue weighted by Crippen LogP contribution is -2.17. The number of hydrogen-bond acceptors (Lipinski definition) is 4. The van der Waals surface area contributed by atoms with Gasteiger partial charge in [-0.1, -0.05) is 30.7 Å². The highest BCUT2D eigenvalue weighted by molar-refractivity contribution is 7.92. The van der Waals surface area contributed by atoms with Crippen LogP contribution in [0.1, 0.15) is 18.4 Å².